The highest BCUT2D eigenvalue weighted by atomic mass is 32.2. The smallest absolute Gasteiger partial charge is 0.339 e. The van der Waals surface area contributed by atoms with Crippen molar-refractivity contribution in [2.45, 2.75) is 4.90 Å². The van der Waals surface area contributed by atoms with Gasteiger partial charge in [-0.1, -0.05) is 0 Å². The molecule has 0 unspecified atom stereocenters. The summed E-state index contributed by atoms with van der Waals surface area (Å²) in [6.45, 7) is 0. The lowest BCUT2D eigenvalue weighted by Crippen LogP contribution is -1.96. The van der Waals surface area contributed by atoms with Crippen LogP contribution in [0.2, 0.25) is 0 Å². The van der Waals surface area contributed by atoms with Crippen LogP contribution in [0.15, 0.2) is 92.1 Å². The molecular formula is C19H14N4O6S. The molecule has 0 saturated heterocycles. The third-order valence-corrected chi connectivity index (χ3v) is 4.62. The molecule has 0 atom stereocenters. The first-order valence-electron chi connectivity index (χ1n) is 8.30. The molecule has 0 aliphatic heterocycles. The van der Waals surface area contributed by atoms with Gasteiger partial charge in [0.1, 0.15) is 11.3 Å². The molecule has 0 radical (unpaired) electrons. The van der Waals surface area contributed by atoms with Crippen LogP contribution in [0.4, 0.5) is 22.7 Å². The summed E-state index contributed by atoms with van der Waals surface area (Å²) in [4.78, 5) is 10.8. The van der Waals surface area contributed by atoms with Crippen molar-refractivity contribution in [3.05, 3.63) is 72.3 Å². The Labute approximate surface area is 170 Å². The zero-order valence-electron chi connectivity index (χ0n) is 15.1. The highest BCUT2D eigenvalue weighted by molar-refractivity contribution is 7.85. The topological polar surface area (TPSA) is 161 Å². The molecular weight excluding hydrogens is 412 g/mol. The van der Waals surface area contributed by atoms with Crippen LogP contribution >= 0.6 is 0 Å². The van der Waals surface area contributed by atoms with E-state index in [1.165, 1.54) is 42.5 Å². The zero-order chi connectivity index (χ0) is 21.7. The normalized spacial score (nSPS) is 11.9. The van der Waals surface area contributed by atoms with Gasteiger partial charge in [0, 0.05) is 0 Å². The highest BCUT2D eigenvalue weighted by Crippen LogP contribution is 2.26. The molecule has 0 fully saturated rings. The standard InChI is InChI=1S/C19H14N4O6S/c24-18-10-7-15(11-17(18)19(25)26)23-22-13-3-1-12(2-4-13)20-21-14-5-8-16(9-6-14)30(27,28)29/h1-11,24H,(H,25,26)(H,27,28,29). The third-order valence-electron chi connectivity index (χ3n) is 3.76. The second-order valence-corrected chi connectivity index (χ2v) is 7.31. The molecule has 0 aromatic heterocycles. The molecule has 30 heavy (non-hydrogen) atoms. The molecule has 3 rings (SSSR count). The number of nitrogens with zero attached hydrogens (tertiary/aromatic N) is 4. The van der Waals surface area contributed by atoms with E-state index in [0.29, 0.717) is 17.1 Å². The Morgan fingerprint density at radius 2 is 1.10 bits per heavy atom. The van der Waals surface area contributed by atoms with Crippen molar-refractivity contribution >= 4 is 38.8 Å². The van der Waals surface area contributed by atoms with Gasteiger partial charge in [0.15, 0.2) is 0 Å². The Morgan fingerprint density at radius 1 is 0.700 bits per heavy atom. The number of carboxylic acids is 1. The van der Waals surface area contributed by atoms with Crippen molar-refractivity contribution in [3.63, 3.8) is 0 Å². The Morgan fingerprint density at radius 3 is 1.53 bits per heavy atom. The zero-order valence-corrected chi connectivity index (χ0v) is 15.9. The van der Waals surface area contributed by atoms with Crippen LogP contribution in [0.25, 0.3) is 0 Å². The average molecular weight is 426 g/mol. The number of azo groups is 2. The van der Waals surface area contributed by atoms with E-state index in [1.807, 2.05) is 0 Å². The number of aromatic carboxylic acids is 1. The molecule has 0 amide bonds. The fourth-order valence-electron chi connectivity index (χ4n) is 2.26. The van der Waals surface area contributed by atoms with Crippen LogP contribution in [0.1, 0.15) is 10.4 Å². The molecule has 0 bridgehead atoms. The van der Waals surface area contributed by atoms with Gasteiger partial charge < -0.3 is 10.2 Å². The molecule has 3 aromatic rings. The summed E-state index contributed by atoms with van der Waals surface area (Å²) < 4.78 is 31.0. The van der Waals surface area contributed by atoms with Crippen molar-refractivity contribution in [3.8, 4) is 5.75 Å². The first kappa shape index (κ1) is 20.8. The Bertz CT molecular complexity index is 1240. The Hall–Kier alpha value is -3.96. The van der Waals surface area contributed by atoms with Crippen molar-refractivity contribution in [2.24, 2.45) is 20.5 Å². The lowest BCUT2D eigenvalue weighted by atomic mass is 10.2. The SMILES string of the molecule is O=C(O)c1cc(N=Nc2ccc(N=Nc3ccc(S(=O)(=O)O)cc3)cc2)ccc1O. The maximum atomic E-state index is 11.0. The molecule has 0 aliphatic carbocycles. The van der Waals surface area contributed by atoms with Gasteiger partial charge in [-0.05, 0) is 66.7 Å². The summed E-state index contributed by atoms with van der Waals surface area (Å²) in [5, 5.41) is 34.4. The molecule has 0 heterocycles. The summed E-state index contributed by atoms with van der Waals surface area (Å²) in [6, 6.07) is 15.6. The van der Waals surface area contributed by atoms with E-state index in [9.17, 15) is 18.3 Å². The molecule has 0 spiro atoms. The highest BCUT2D eigenvalue weighted by Gasteiger charge is 2.10. The number of benzene rings is 3. The van der Waals surface area contributed by atoms with Crippen LogP contribution in [-0.4, -0.2) is 29.2 Å². The molecule has 0 aliphatic rings. The second kappa shape index (κ2) is 8.59. The van der Waals surface area contributed by atoms with Gasteiger partial charge in [-0.3, -0.25) is 4.55 Å². The van der Waals surface area contributed by atoms with Gasteiger partial charge in [0.2, 0.25) is 0 Å². The van der Waals surface area contributed by atoms with E-state index in [0.717, 1.165) is 0 Å². The van der Waals surface area contributed by atoms with Crippen molar-refractivity contribution < 1.29 is 28.0 Å². The van der Waals surface area contributed by atoms with E-state index in [-0.39, 0.29) is 21.9 Å². The Kier molecular flexibility index (Phi) is 5.95. The monoisotopic (exact) mass is 426 g/mol. The second-order valence-electron chi connectivity index (χ2n) is 5.89. The van der Waals surface area contributed by atoms with Crippen LogP contribution in [-0.2, 0) is 10.1 Å². The predicted molar refractivity (Wildman–Crippen MR) is 106 cm³/mol. The lowest BCUT2D eigenvalue weighted by molar-refractivity contribution is 0.0693. The minimum Gasteiger partial charge on any atom is -0.507 e. The van der Waals surface area contributed by atoms with Crippen molar-refractivity contribution in [1.29, 1.82) is 0 Å². The van der Waals surface area contributed by atoms with Crippen LogP contribution in [0.3, 0.4) is 0 Å². The Balaban J connectivity index is 1.69. The molecule has 3 aromatic carbocycles. The summed E-state index contributed by atoms with van der Waals surface area (Å²) in [5.74, 6) is -1.63. The largest absolute Gasteiger partial charge is 0.507 e. The molecule has 11 heteroatoms. The number of carboxylic acid groups (broad SMARTS) is 1. The van der Waals surface area contributed by atoms with E-state index >= 15 is 0 Å². The fourth-order valence-corrected chi connectivity index (χ4v) is 2.74. The summed E-state index contributed by atoms with van der Waals surface area (Å²) in [6.07, 6.45) is 0. The maximum absolute atomic E-state index is 11.0. The first-order chi connectivity index (χ1) is 14.2. The summed E-state index contributed by atoms with van der Waals surface area (Å²) in [7, 11) is -4.26. The average Bonchev–Trinajstić information content (AvgIpc) is 2.72. The number of carbonyl (C=O) groups is 1. The van der Waals surface area contributed by atoms with E-state index < -0.39 is 16.1 Å². The molecule has 10 nitrogen and oxygen atoms in total. The minimum atomic E-state index is -4.26. The molecule has 3 N–H and O–H groups in total. The van der Waals surface area contributed by atoms with Crippen LogP contribution < -0.4 is 0 Å². The van der Waals surface area contributed by atoms with Gasteiger partial charge in [-0.15, -0.1) is 0 Å². The maximum Gasteiger partial charge on any atom is 0.339 e. The quantitative estimate of drug-likeness (QED) is 0.364. The number of hydrogen-bond donors (Lipinski definition) is 3. The van der Waals surface area contributed by atoms with Gasteiger partial charge in [-0.25, -0.2) is 4.79 Å². The fraction of sp³-hybridized carbons (Fsp3) is 0. The molecule has 0 saturated carbocycles. The first-order valence-corrected chi connectivity index (χ1v) is 9.74. The lowest BCUT2D eigenvalue weighted by Gasteiger charge is -2.00. The van der Waals surface area contributed by atoms with Gasteiger partial charge >= 0.3 is 5.97 Å². The van der Waals surface area contributed by atoms with Crippen molar-refractivity contribution in [2.75, 3.05) is 0 Å². The van der Waals surface area contributed by atoms with Crippen LogP contribution in [0.5, 0.6) is 5.75 Å². The van der Waals surface area contributed by atoms with E-state index in [4.69, 9.17) is 9.66 Å². The third kappa shape index (κ3) is 5.31. The number of hydrogen-bond acceptors (Lipinski definition) is 8. The van der Waals surface area contributed by atoms with Gasteiger partial charge in [0.05, 0.1) is 27.6 Å². The predicted octanol–water partition coefficient (Wildman–Crippen LogP) is 5.17. The van der Waals surface area contributed by atoms with Gasteiger partial charge in [0.25, 0.3) is 10.1 Å². The van der Waals surface area contributed by atoms with E-state index in [1.54, 1.807) is 24.3 Å². The number of aromatic hydroxyl groups is 1. The summed E-state index contributed by atoms with van der Waals surface area (Å²) in [5.41, 5.74) is 1.38. The summed E-state index contributed by atoms with van der Waals surface area (Å²) >= 11 is 0. The van der Waals surface area contributed by atoms with E-state index in [2.05, 4.69) is 20.5 Å². The number of phenols is 1. The minimum absolute atomic E-state index is 0.236. The van der Waals surface area contributed by atoms with Crippen LogP contribution in [0, 0.1) is 0 Å². The van der Waals surface area contributed by atoms with Gasteiger partial charge in [-0.2, -0.15) is 28.9 Å². The number of rotatable bonds is 6. The molecule has 152 valence electrons. The van der Waals surface area contributed by atoms with Crippen molar-refractivity contribution in [1.82, 2.24) is 0 Å².